The minimum Gasteiger partial charge on any atom is -0.481 e. The first-order valence-corrected chi connectivity index (χ1v) is 7.11. The molecule has 0 unspecified atom stereocenters. The number of benzene rings is 1. The van der Waals surface area contributed by atoms with Crippen LogP contribution in [-0.2, 0) is 4.79 Å². The van der Waals surface area contributed by atoms with Crippen molar-refractivity contribution in [3.8, 4) is 0 Å². The van der Waals surface area contributed by atoms with Crippen LogP contribution in [0.5, 0.6) is 0 Å². The van der Waals surface area contributed by atoms with Crippen LogP contribution in [0.3, 0.4) is 0 Å². The Bertz CT molecular complexity index is 735. The van der Waals surface area contributed by atoms with Crippen molar-refractivity contribution in [1.29, 1.82) is 0 Å². The molecule has 1 aromatic carbocycles. The predicted octanol–water partition coefficient (Wildman–Crippen LogP) is 2.17. The fourth-order valence-corrected chi connectivity index (χ4v) is 2.08. The first-order valence-electron chi connectivity index (χ1n) is 7.11. The summed E-state index contributed by atoms with van der Waals surface area (Å²) in [6.07, 6.45) is 2.11. The van der Waals surface area contributed by atoms with E-state index in [0.29, 0.717) is 36.8 Å². The Balaban J connectivity index is 1.90. The van der Waals surface area contributed by atoms with Crippen molar-refractivity contribution in [2.45, 2.75) is 25.7 Å². The molecule has 0 bridgehead atoms. The number of carboxylic acids is 1. The summed E-state index contributed by atoms with van der Waals surface area (Å²) in [5, 5.41) is 11.6. The Labute approximate surface area is 126 Å². The maximum atomic E-state index is 11.9. The average molecular weight is 303 g/mol. The number of carboxylic acid groups (broad SMARTS) is 1. The van der Waals surface area contributed by atoms with Gasteiger partial charge in [-0.15, -0.1) is 0 Å². The summed E-state index contributed by atoms with van der Waals surface area (Å²) in [6.45, 7) is 0.412. The number of aliphatic carboxylic acids is 1. The van der Waals surface area contributed by atoms with Crippen LogP contribution in [0.4, 0.5) is 0 Å². The van der Waals surface area contributed by atoms with Crippen molar-refractivity contribution in [1.82, 2.24) is 5.32 Å². The molecule has 0 aliphatic carbocycles. The van der Waals surface area contributed by atoms with Gasteiger partial charge in [-0.05, 0) is 25.0 Å². The van der Waals surface area contributed by atoms with Crippen LogP contribution in [0.15, 0.2) is 39.5 Å². The largest absolute Gasteiger partial charge is 0.481 e. The van der Waals surface area contributed by atoms with Gasteiger partial charge < -0.3 is 14.8 Å². The van der Waals surface area contributed by atoms with Crippen LogP contribution < -0.4 is 10.7 Å². The van der Waals surface area contributed by atoms with Crippen molar-refractivity contribution in [3.63, 3.8) is 0 Å². The normalized spacial score (nSPS) is 10.5. The highest BCUT2D eigenvalue weighted by atomic mass is 16.4. The van der Waals surface area contributed by atoms with E-state index in [0.717, 1.165) is 0 Å². The highest BCUT2D eigenvalue weighted by Crippen LogP contribution is 2.11. The Morgan fingerprint density at radius 3 is 2.68 bits per heavy atom. The molecule has 1 amide bonds. The molecule has 0 spiro atoms. The van der Waals surface area contributed by atoms with E-state index >= 15 is 0 Å². The number of fused-ring (bicyclic) bond motifs is 1. The molecule has 1 heterocycles. The third-order valence-corrected chi connectivity index (χ3v) is 3.21. The maximum absolute atomic E-state index is 11.9. The molecule has 1 aromatic heterocycles. The summed E-state index contributed by atoms with van der Waals surface area (Å²) >= 11 is 0. The molecule has 0 fully saturated rings. The van der Waals surface area contributed by atoms with E-state index in [9.17, 15) is 14.4 Å². The number of carbonyl (C=O) groups is 2. The van der Waals surface area contributed by atoms with Crippen LogP contribution in [-0.4, -0.2) is 23.5 Å². The van der Waals surface area contributed by atoms with Gasteiger partial charge in [0.1, 0.15) is 5.58 Å². The smallest absolute Gasteiger partial charge is 0.303 e. The molecule has 2 N–H and O–H groups in total. The van der Waals surface area contributed by atoms with E-state index in [4.69, 9.17) is 9.52 Å². The Hall–Kier alpha value is -2.63. The van der Waals surface area contributed by atoms with E-state index in [2.05, 4.69) is 5.32 Å². The van der Waals surface area contributed by atoms with Gasteiger partial charge in [0.2, 0.25) is 0 Å². The van der Waals surface area contributed by atoms with E-state index in [-0.39, 0.29) is 17.6 Å². The second kappa shape index (κ2) is 7.40. The molecule has 22 heavy (non-hydrogen) atoms. The first kappa shape index (κ1) is 15.8. The van der Waals surface area contributed by atoms with E-state index < -0.39 is 11.9 Å². The fourth-order valence-electron chi connectivity index (χ4n) is 2.08. The summed E-state index contributed by atoms with van der Waals surface area (Å²) in [5.74, 6) is -1.28. The molecule has 0 radical (unpaired) electrons. The lowest BCUT2D eigenvalue weighted by Crippen LogP contribution is -2.25. The zero-order valence-electron chi connectivity index (χ0n) is 12.0. The van der Waals surface area contributed by atoms with E-state index in [1.807, 2.05) is 0 Å². The van der Waals surface area contributed by atoms with Crippen molar-refractivity contribution >= 4 is 22.8 Å². The zero-order chi connectivity index (χ0) is 15.9. The monoisotopic (exact) mass is 303 g/mol. The standard InChI is InChI=1S/C16H17NO5/c18-12-10-14(22-13-7-4-3-6-11(12)13)16(21)17-9-5-1-2-8-15(19)20/h3-4,6-7,10H,1-2,5,8-9H2,(H,17,21)(H,19,20). The molecular weight excluding hydrogens is 286 g/mol. The molecule has 2 aromatic rings. The number of rotatable bonds is 7. The highest BCUT2D eigenvalue weighted by Gasteiger charge is 2.11. The maximum Gasteiger partial charge on any atom is 0.303 e. The zero-order valence-corrected chi connectivity index (χ0v) is 12.0. The number of amides is 1. The molecule has 6 heteroatoms. The summed E-state index contributed by atoms with van der Waals surface area (Å²) in [7, 11) is 0. The molecule has 0 atom stereocenters. The second-order valence-corrected chi connectivity index (χ2v) is 4.93. The number of unbranched alkanes of at least 4 members (excludes halogenated alkanes) is 2. The SMILES string of the molecule is O=C(O)CCCCCNC(=O)c1cc(=O)c2ccccc2o1. The molecule has 2 rings (SSSR count). The number of para-hydroxylation sites is 1. The van der Waals surface area contributed by atoms with E-state index in [1.54, 1.807) is 24.3 Å². The lowest BCUT2D eigenvalue weighted by molar-refractivity contribution is -0.137. The molecule has 0 aliphatic rings. The minimum absolute atomic E-state index is 0.0192. The molecule has 116 valence electrons. The van der Waals surface area contributed by atoms with Gasteiger partial charge in [0.05, 0.1) is 5.39 Å². The van der Waals surface area contributed by atoms with Crippen LogP contribution in [0, 0.1) is 0 Å². The highest BCUT2D eigenvalue weighted by molar-refractivity contribution is 5.93. The summed E-state index contributed by atoms with van der Waals surface area (Å²) in [5.41, 5.74) is 0.120. The van der Waals surface area contributed by atoms with Gasteiger partial charge in [0.15, 0.2) is 11.2 Å². The van der Waals surface area contributed by atoms with Crippen LogP contribution in [0.25, 0.3) is 11.0 Å². The number of hydrogen-bond donors (Lipinski definition) is 2. The number of carbonyl (C=O) groups excluding carboxylic acids is 1. The molecule has 0 saturated heterocycles. The summed E-state index contributed by atoms with van der Waals surface area (Å²) in [6, 6.07) is 7.93. The first-order chi connectivity index (χ1) is 10.6. The van der Waals surface area contributed by atoms with Crippen molar-refractivity contribution in [3.05, 3.63) is 46.3 Å². The Kier molecular flexibility index (Phi) is 5.30. The van der Waals surface area contributed by atoms with Gasteiger partial charge in [-0.1, -0.05) is 18.6 Å². The molecule has 0 saturated carbocycles. The molecular formula is C16H17NO5. The average Bonchev–Trinajstić information content (AvgIpc) is 2.50. The Morgan fingerprint density at radius 2 is 1.91 bits per heavy atom. The van der Waals surface area contributed by atoms with Crippen molar-refractivity contribution in [2.75, 3.05) is 6.54 Å². The topological polar surface area (TPSA) is 96.6 Å². The van der Waals surface area contributed by atoms with Gasteiger partial charge in [-0.2, -0.15) is 0 Å². The third-order valence-electron chi connectivity index (χ3n) is 3.21. The molecule has 6 nitrogen and oxygen atoms in total. The quantitative estimate of drug-likeness (QED) is 0.764. The second-order valence-electron chi connectivity index (χ2n) is 4.93. The summed E-state index contributed by atoms with van der Waals surface area (Å²) in [4.78, 5) is 34.2. The van der Waals surface area contributed by atoms with Crippen LogP contribution in [0.2, 0.25) is 0 Å². The van der Waals surface area contributed by atoms with Crippen molar-refractivity contribution in [2.24, 2.45) is 0 Å². The summed E-state index contributed by atoms with van der Waals surface area (Å²) < 4.78 is 5.42. The van der Waals surface area contributed by atoms with Crippen LogP contribution >= 0.6 is 0 Å². The van der Waals surface area contributed by atoms with Gasteiger partial charge >= 0.3 is 5.97 Å². The minimum atomic E-state index is -0.818. The Morgan fingerprint density at radius 1 is 1.14 bits per heavy atom. The lowest BCUT2D eigenvalue weighted by Gasteiger charge is -2.05. The number of nitrogens with one attached hydrogen (secondary N) is 1. The number of hydrogen-bond acceptors (Lipinski definition) is 4. The van der Waals surface area contributed by atoms with Gasteiger partial charge in [-0.3, -0.25) is 14.4 Å². The van der Waals surface area contributed by atoms with Crippen molar-refractivity contribution < 1.29 is 19.1 Å². The van der Waals surface area contributed by atoms with E-state index in [1.165, 1.54) is 6.07 Å². The van der Waals surface area contributed by atoms with Gasteiger partial charge in [-0.25, -0.2) is 0 Å². The third kappa shape index (κ3) is 4.18. The van der Waals surface area contributed by atoms with Gasteiger partial charge in [0.25, 0.3) is 5.91 Å². The molecule has 0 aliphatic heterocycles. The van der Waals surface area contributed by atoms with Crippen LogP contribution in [0.1, 0.15) is 36.2 Å². The fraction of sp³-hybridized carbons (Fsp3) is 0.312. The lowest BCUT2D eigenvalue weighted by atomic mass is 10.2. The van der Waals surface area contributed by atoms with Gasteiger partial charge in [0, 0.05) is 19.0 Å². The predicted molar refractivity (Wildman–Crippen MR) is 80.9 cm³/mol.